The van der Waals surface area contributed by atoms with Crippen LogP contribution in [-0.4, -0.2) is 31.7 Å². The summed E-state index contributed by atoms with van der Waals surface area (Å²) >= 11 is 1.68. The summed E-state index contributed by atoms with van der Waals surface area (Å²) in [6.07, 6.45) is 1.75. The van der Waals surface area contributed by atoms with E-state index in [0.717, 1.165) is 12.8 Å². The molecule has 1 aromatic heterocycles. The van der Waals surface area contributed by atoms with Crippen LogP contribution >= 0.6 is 11.3 Å². The number of urea groups is 1. The fourth-order valence-electron chi connectivity index (χ4n) is 2.48. The molecular weight excluding hydrogens is 306 g/mol. The molecule has 0 saturated carbocycles. The van der Waals surface area contributed by atoms with E-state index < -0.39 is 0 Å². The fourth-order valence-corrected chi connectivity index (χ4v) is 3.16. The van der Waals surface area contributed by atoms with E-state index in [0.29, 0.717) is 6.54 Å². The first-order valence-electron chi connectivity index (χ1n) is 7.94. The van der Waals surface area contributed by atoms with Crippen LogP contribution in [0.4, 0.5) is 4.79 Å². The van der Waals surface area contributed by atoms with E-state index in [9.17, 15) is 4.79 Å². The maximum absolute atomic E-state index is 12.0. The van der Waals surface area contributed by atoms with Gasteiger partial charge in [0, 0.05) is 18.6 Å². The Labute approximate surface area is 142 Å². The van der Waals surface area contributed by atoms with Crippen LogP contribution in [0.25, 0.3) is 0 Å². The number of hydrogen-bond acceptors (Lipinski definition) is 3. The van der Waals surface area contributed by atoms with Crippen LogP contribution in [-0.2, 0) is 12.8 Å². The predicted molar refractivity (Wildman–Crippen MR) is 97.0 cm³/mol. The smallest absolute Gasteiger partial charge is 0.315 e. The third kappa shape index (κ3) is 6.42. The molecule has 0 aliphatic rings. The van der Waals surface area contributed by atoms with Crippen LogP contribution in [0, 0.1) is 0 Å². The maximum Gasteiger partial charge on any atom is 0.315 e. The van der Waals surface area contributed by atoms with E-state index in [1.807, 2.05) is 32.2 Å². The molecule has 0 bridgehead atoms. The Morgan fingerprint density at radius 3 is 2.57 bits per heavy atom. The van der Waals surface area contributed by atoms with Gasteiger partial charge in [0.15, 0.2) is 0 Å². The minimum atomic E-state index is -0.110. The van der Waals surface area contributed by atoms with Gasteiger partial charge in [-0.15, -0.1) is 0 Å². The molecule has 3 N–H and O–H groups in total. The SMILES string of the molecule is CN[C@@H](CNC(=O)N[C@H](C)Cc1ccsc1)Cc1ccccc1. The Bertz CT molecular complexity index is 571. The number of benzene rings is 1. The summed E-state index contributed by atoms with van der Waals surface area (Å²) in [5.74, 6) is 0. The lowest BCUT2D eigenvalue weighted by atomic mass is 10.1. The number of carbonyl (C=O) groups is 1. The molecule has 2 amide bonds. The molecular formula is C18H25N3OS. The molecule has 0 spiro atoms. The summed E-state index contributed by atoms with van der Waals surface area (Å²) in [6, 6.07) is 12.6. The highest BCUT2D eigenvalue weighted by atomic mass is 32.1. The summed E-state index contributed by atoms with van der Waals surface area (Å²) < 4.78 is 0. The quantitative estimate of drug-likeness (QED) is 0.697. The van der Waals surface area contributed by atoms with Crippen molar-refractivity contribution in [1.29, 1.82) is 0 Å². The predicted octanol–water partition coefficient (Wildman–Crippen LogP) is 2.81. The van der Waals surface area contributed by atoms with Crippen molar-refractivity contribution >= 4 is 17.4 Å². The third-order valence-corrected chi connectivity index (χ3v) is 4.47. The molecule has 124 valence electrons. The molecule has 23 heavy (non-hydrogen) atoms. The molecule has 0 aliphatic heterocycles. The number of hydrogen-bond donors (Lipinski definition) is 3. The standard InChI is InChI=1S/C18H25N3OS/c1-14(10-16-8-9-23-13-16)21-18(22)20-12-17(19-2)11-15-6-4-3-5-7-15/h3-9,13-14,17,19H,10-12H2,1-2H3,(H2,20,21,22)/t14-,17-/m1/s1. The van der Waals surface area contributed by atoms with Gasteiger partial charge in [-0.3, -0.25) is 0 Å². The van der Waals surface area contributed by atoms with Crippen molar-refractivity contribution in [3.8, 4) is 0 Å². The van der Waals surface area contributed by atoms with Gasteiger partial charge in [0.2, 0.25) is 0 Å². The summed E-state index contributed by atoms with van der Waals surface area (Å²) in [6.45, 7) is 2.62. The van der Waals surface area contributed by atoms with Crippen LogP contribution in [0.1, 0.15) is 18.1 Å². The average molecular weight is 331 g/mol. The van der Waals surface area contributed by atoms with E-state index in [4.69, 9.17) is 0 Å². The van der Waals surface area contributed by atoms with Gasteiger partial charge < -0.3 is 16.0 Å². The second-order valence-corrected chi connectivity index (χ2v) is 6.55. The molecule has 0 fully saturated rings. The van der Waals surface area contributed by atoms with Gasteiger partial charge in [-0.2, -0.15) is 11.3 Å². The van der Waals surface area contributed by atoms with Gasteiger partial charge in [-0.05, 0) is 54.8 Å². The minimum absolute atomic E-state index is 0.110. The topological polar surface area (TPSA) is 53.2 Å². The van der Waals surface area contributed by atoms with E-state index in [1.54, 1.807) is 11.3 Å². The molecule has 4 nitrogen and oxygen atoms in total. The molecule has 1 aromatic carbocycles. The molecule has 2 aromatic rings. The summed E-state index contributed by atoms with van der Waals surface area (Å²) in [5, 5.41) is 13.4. The Morgan fingerprint density at radius 2 is 1.91 bits per heavy atom. The van der Waals surface area contributed by atoms with Crippen molar-refractivity contribution in [2.45, 2.75) is 31.8 Å². The highest BCUT2D eigenvalue weighted by molar-refractivity contribution is 7.07. The van der Waals surface area contributed by atoms with E-state index in [1.165, 1.54) is 11.1 Å². The molecule has 2 rings (SSSR count). The highest BCUT2D eigenvalue weighted by Gasteiger charge is 2.11. The maximum atomic E-state index is 12.0. The molecule has 0 radical (unpaired) electrons. The Hall–Kier alpha value is -1.85. The van der Waals surface area contributed by atoms with Crippen LogP contribution in [0.15, 0.2) is 47.2 Å². The average Bonchev–Trinajstić information content (AvgIpc) is 3.05. The molecule has 0 unspecified atom stereocenters. The Balaban J connectivity index is 1.71. The number of rotatable bonds is 8. The highest BCUT2D eigenvalue weighted by Crippen LogP contribution is 2.08. The monoisotopic (exact) mass is 331 g/mol. The molecule has 2 atom stereocenters. The molecule has 1 heterocycles. The number of likely N-dealkylation sites (N-methyl/N-ethyl adjacent to an activating group) is 1. The van der Waals surface area contributed by atoms with Crippen molar-refractivity contribution in [2.75, 3.05) is 13.6 Å². The van der Waals surface area contributed by atoms with Crippen molar-refractivity contribution in [1.82, 2.24) is 16.0 Å². The van der Waals surface area contributed by atoms with Gasteiger partial charge in [-0.25, -0.2) is 4.79 Å². The van der Waals surface area contributed by atoms with E-state index in [-0.39, 0.29) is 18.1 Å². The molecule has 0 saturated heterocycles. The second-order valence-electron chi connectivity index (χ2n) is 5.77. The lowest BCUT2D eigenvalue weighted by Gasteiger charge is -2.19. The summed E-state index contributed by atoms with van der Waals surface area (Å²) in [4.78, 5) is 12.0. The summed E-state index contributed by atoms with van der Waals surface area (Å²) in [5.41, 5.74) is 2.53. The first kappa shape index (κ1) is 17.5. The number of carbonyl (C=O) groups excluding carboxylic acids is 1. The van der Waals surface area contributed by atoms with E-state index >= 15 is 0 Å². The van der Waals surface area contributed by atoms with Gasteiger partial charge in [0.25, 0.3) is 0 Å². The number of nitrogens with one attached hydrogen (secondary N) is 3. The Kier molecular flexibility index (Phi) is 7.10. The minimum Gasteiger partial charge on any atom is -0.337 e. The van der Waals surface area contributed by atoms with Gasteiger partial charge in [-0.1, -0.05) is 30.3 Å². The van der Waals surface area contributed by atoms with Crippen LogP contribution < -0.4 is 16.0 Å². The zero-order chi connectivity index (χ0) is 16.5. The van der Waals surface area contributed by atoms with Crippen LogP contribution in [0.5, 0.6) is 0 Å². The van der Waals surface area contributed by atoms with Crippen molar-refractivity contribution in [3.63, 3.8) is 0 Å². The van der Waals surface area contributed by atoms with Crippen molar-refractivity contribution in [2.24, 2.45) is 0 Å². The number of thiophene rings is 1. The lowest BCUT2D eigenvalue weighted by molar-refractivity contribution is 0.236. The molecule has 0 aliphatic carbocycles. The van der Waals surface area contributed by atoms with Crippen LogP contribution in [0.3, 0.4) is 0 Å². The van der Waals surface area contributed by atoms with E-state index in [2.05, 4.69) is 44.9 Å². The lowest BCUT2D eigenvalue weighted by Crippen LogP contribution is -2.47. The van der Waals surface area contributed by atoms with Gasteiger partial charge in [0.05, 0.1) is 0 Å². The second kappa shape index (κ2) is 9.33. The van der Waals surface area contributed by atoms with Crippen LogP contribution in [0.2, 0.25) is 0 Å². The third-order valence-electron chi connectivity index (χ3n) is 3.74. The zero-order valence-electron chi connectivity index (χ0n) is 13.7. The van der Waals surface area contributed by atoms with Crippen molar-refractivity contribution in [3.05, 3.63) is 58.3 Å². The fraction of sp³-hybridized carbons (Fsp3) is 0.389. The summed E-state index contributed by atoms with van der Waals surface area (Å²) in [7, 11) is 1.92. The largest absolute Gasteiger partial charge is 0.337 e. The first-order chi connectivity index (χ1) is 11.2. The first-order valence-corrected chi connectivity index (χ1v) is 8.88. The van der Waals surface area contributed by atoms with Gasteiger partial charge in [0.1, 0.15) is 0 Å². The molecule has 5 heteroatoms. The van der Waals surface area contributed by atoms with Crippen molar-refractivity contribution < 1.29 is 4.79 Å². The normalized spacial score (nSPS) is 13.3. The van der Waals surface area contributed by atoms with Gasteiger partial charge >= 0.3 is 6.03 Å². The number of amides is 2. The zero-order valence-corrected chi connectivity index (χ0v) is 14.5. The Morgan fingerprint density at radius 1 is 1.13 bits per heavy atom.